The summed E-state index contributed by atoms with van der Waals surface area (Å²) >= 11 is 0. The van der Waals surface area contributed by atoms with Crippen molar-refractivity contribution in [2.45, 2.75) is 6.42 Å². The summed E-state index contributed by atoms with van der Waals surface area (Å²) in [4.78, 5) is 11.9. The van der Waals surface area contributed by atoms with E-state index in [2.05, 4.69) is 15.3 Å². The molecular weight excluding hydrogens is 316 g/mol. The predicted octanol–water partition coefficient (Wildman–Crippen LogP) is 1.85. The smallest absolute Gasteiger partial charge is 0.172 e. The number of fused-ring (bicyclic) bond motifs is 1. The highest BCUT2D eigenvalue weighted by Gasteiger charge is 2.18. The van der Waals surface area contributed by atoms with Crippen molar-refractivity contribution < 1.29 is 4.74 Å². The van der Waals surface area contributed by atoms with Gasteiger partial charge in [-0.05, 0) is 24.1 Å². The molecule has 0 radical (unpaired) electrons. The average molecular weight is 338 g/mol. The Morgan fingerprint density at radius 1 is 1.12 bits per heavy atom. The van der Waals surface area contributed by atoms with Crippen LogP contribution in [0.3, 0.4) is 0 Å². The molecule has 0 amide bonds. The summed E-state index contributed by atoms with van der Waals surface area (Å²) in [6, 6.07) is 7.99. The van der Waals surface area contributed by atoms with E-state index >= 15 is 0 Å². The number of nitrogens with zero attached hydrogens (tertiary/aromatic N) is 5. The first-order valence-electron chi connectivity index (χ1n) is 8.60. The molecule has 25 heavy (non-hydrogen) atoms. The normalized spacial score (nSPS) is 14.8. The Bertz CT molecular complexity index is 856. The van der Waals surface area contributed by atoms with Crippen LogP contribution < -0.4 is 10.2 Å². The molecule has 4 rings (SSSR count). The van der Waals surface area contributed by atoms with E-state index in [1.165, 1.54) is 5.56 Å². The molecule has 3 aromatic rings. The van der Waals surface area contributed by atoms with Gasteiger partial charge in [-0.3, -0.25) is 4.68 Å². The van der Waals surface area contributed by atoms with Crippen LogP contribution >= 0.6 is 0 Å². The Kier molecular flexibility index (Phi) is 4.47. The molecule has 0 saturated carbocycles. The highest BCUT2D eigenvalue weighted by molar-refractivity contribution is 5.80. The summed E-state index contributed by atoms with van der Waals surface area (Å²) in [7, 11) is 1.93. The lowest BCUT2D eigenvalue weighted by atomic mass is 10.2. The fourth-order valence-corrected chi connectivity index (χ4v) is 3.03. The summed E-state index contributed by atoms with van der Waals surface area (Å²) in [6.45, 7) is 3.91. The van der Waals surface area contributed by atoms with Crippen LogP contribution in [0.5, 0.6) is 0 Å². The number of benzene rings is 1. The number of anilines is 2. The summed E-state index contributed by atoms with van der Waals surface area (Å²) < 4.78 is 7.29. The quantitative estimate of drug-likeness (QED) is 0.766. The Morgan fingerprint density at radius 3 is 2.60 bits per heavy atom. The monoisotopic (exact) mass is 338 g/mol. The summed E-state index contributed by atoms with van der Waals surface area (Å²) in [5.41, 5.74) is 3.03. The van der Waals surface area contributed by atoms with E-state index in [9.17, 15) is 0 Å². The van der Waals surface area contributed by atoms with Gasteiger partial charge in [-0.1, -0.05) is 12.1 Å². The first kappa shape index (κ1) is 15.8. The van der Waals surface area contributed by atoms with Gasteiger partial charge in [0.1, 0.15) is 0 Å². The molecule has 3 heterocycles. The van der Waals surface area contributed by atoms with Crippen LogP contribution in [0, 0.1) is 0 Å². The van der Waals surface area contributed by atoms with E-state index in [0.717, 1.165) is 61.9 Å². The van der Waals surface area contributed by atoms with Crippen molar-refractivity contribution in [3.63, 3.8) is 0 Å². The van der Waals surface area contributed by atoms with Gasteiger partial charge in [-0.15, -0.1) is 0 Å². The fourth-order valence-electron chi connectivity index (χ4n) is 3.03. The molecule has 0 aliphatic carbocycles. The first-order valence-corrected chi connectivity index (χ1v) is 8.60. The third-order valence-corrected chi connectivity index (χ3v) is 4.33. The molecule has 1 N–H and O–H groups in total. The van der Waals surface area contributed by atoms with Crippen molar-refractivity contribution in [1.29, 1.82) is 0 Å². The lowest BCUT2D eigenvalue weighted by Crippen LogP contribution is -2.37. The number of aromatic nitrogens is 4. The van der Waals surface area contributed by atoms with Gasteiger partial charge < -0.3 is 15.0 Å². The van der Waals surface area contributed by atoms with Gasteiger partial charge in [0.25, 0.3) is 0 Å². The van der Waals surface area contributed by atoms with E-state index in [4.69, 9.17) is 14.7 Å². The average Bonchev–Trinajstić information content (AvgIpc) is 3.07. The molecule has 0 spiro atoms. The molecule has 2 aromatic heterocycles. The van der Waals surface area contributed by atoms with E-state index < -0.39 is 0 Å². The molecule has 130 valence electrons. The molecule has 7 nitrogen and oxygen atoms in total. The number of para-hydroxylation sites is 2. The molecule has 7 heteroatoms. The topological polar surface area (TPSA) is 68.1 Å². The van der Waals surface area contributed by atoms with Crippen molar-refractivity contribution in [3.8, 4) is 0 Å². The zero-order valence-corrected chi connectivity index (χ0v) is 14.4. The minimum absolute atomic E-state index is 0.726. The Labute approximate surface area is 146 Å². The molecule has 0 unspecified atom stereocenters. The van der Waals surface area contributed by atoms with Gasteiger partial charge in [0, 0.05) is 32.9 Å². The van der Waals surface area contributed by atoms with Gasteiger partial charge >= 0.3 is 0 Å². The molecule has 1 aliphatic heterocycles. The van der Waals surface area contributed by atoms with Crippen LogP contribution in [0.15, 0.2) is 36.7 Å². The first-order chi connectivity index (χ1) is 12.3. The van der Waals surface area contributed by atoms with Crippen LogP contribution in [0.4, 0.5) is 11.6 Å². The molecule has 1 aromatic carbocycles. The van der Waals surface area contributed by atoms with Crippen LogP contribution in [0.1, 0.15) is 5.56 Å². The summed E-state index contributed by atoms with van der Waals surface area (Å²) in [6.07, 6.45) is 4.83. The standard InChI is InChI=1S/C18H22N6O/c1-23-13-14(12-20-23)6-7-19-17-18(24-8-10-25-11-9-24)22-16-5-3-2-4-15(16)21-17/h2-5,12-13H,6-11H2,1H3,(H,19,21). The second-order valence-corrected chi connectivity index (χ2v) is 6.18. The van der Waals surface area contributed by atoms with Gasteiger partial charge in [0.15, 0.2) is 11.6 Å². The predicted molar refractivity (Wildman–Crippen MR) is 98.0 cm³/mol. The number of nitrogens with one attached hydrogen (secondary N) is 1. The van der Waals surface area contributed by atoms with Crippen molar-refractivity contribution in [3.05, 3.63) is 42.2 Å². The molecule has 1 saturated heterocycles. The van der Waals surface area contributed by atoms with Crippen LogP contribution in [0.2, 0.25) is 0 Å². The second-order valence-electron chi connectivity index (χ2n) is 6.18. The van der Waals surface area contributed by atoms with E-state index in [0.29, 0.717) is 0 Å². The zero-order chi connectivity index (χ0) is 17.1. The van der Waals surface area contributed by atoms with Crippen LogP contribution in [0.25, 0.3) is 11.0 Å². The van der Waals surface area contributed by atoms with E-state index in [-0.39, 0.29) is 0 Å². The summed E-state index contributed by atoms with van der Waals surface area (Å²) in [5, 5.41) is 7.68. The minimum Gasteiger partial charge on any atom is -0.378 e. The Morgan fingerprint density at radius 2 is 1.88 bits per heavy atom. The molecule has 1 fully saturated rings. The highest BCUT2D eigenvalue weighted by atomic mass is 16.5. The van der Waals surface area contributed by atoms with Crippen LogP contribution in [-0.4, -0.2) is 52.6 Å². The molecular formula is C18H22N6O. The maximum absolute atomic E-state index is 5.47. The second kappa shape index (κ2) is 7.06. The highest BCUT2D eigenvalue weighted by Crippen LogP contribution is 2.25. The van der Waals surface area contributed by atoms with Crippen LogP contribution in [-0.2, 0) is 18.2 Å². The molecule has 0 bridgehead atoms. The maximum Gasteiger partial charge on any atom is 0.172 e. The number of ether oxygens (including phenoxy) is 1. The number of rotatable bonds is 5. The third kappa shape index (κ3) is 3.56. The lowest BCUT2D eigenvalue weighted by Gasteiger charge is -2.29. The third-order valence-electron chi connectivity index (χ3n) is 4.33. The van der Waals surface area contributed by atoms with Crippen molar-refractivity contribution >= 4 is 22.7 Å². The maximum atomic E-state index is 5.47. The van der Waals surface area contributed by atoms with E-state index in [1.807, 2.05) is 48.4 Å². The Balaban J connectivity index is 1.58. The molecule has 0 atom stereocenters. The van der Waals surface area contributed by atoms with Gasteiger partial charge in [-0.2, -0.15) is 5.10 Å². The number of aryl methyl sites for hydroxylation is 1. The lowest BCUT2D eigenvalue weighted by molar-refractivity contribution is 0.122. The fraction of sp³-hybridized carbons (Fsp3) is 0.389. The summed E-state index contributed by atoms with van der Waals surface area (Å²) in [5.74, 6) is 1.75. The van der Waals surface area contributed by atoms with Crippen molar-refractivity contribution in [2.75, 3.05) is 43.1 Å². The van der Waals surface area contributed by atoms with Gasteiger partial charge in [0.05, 0.1) is 30.4 Å². The van der Waals surface area contributed by atoms with Crippen molar-refractivity contribution in [2.24, 2.45) is 7.05 Å². The largest absolute Gasteiger partial charge is 0.378 e. The number of hydrogen-bond acceptors (Lipinski definition) is 6. The molecule has 1 aliphatic rings. The van der Waals surface area contributed by atoms with Gasteiger partial charge in [0.2, 0.25) is 0 Å². The number of morpholine rings is 1. The zero-order valence-electron chi connectivity index (χ0n) is 14.4. The minimum atomic E-state index is 0.726. The Hall–Kier alpha value is -2.67. The van der Waals surface area contributed by atoms with Gasteiger partial charge in [-0.25, -0.2) is 9.97 Å². The van der Waals surface area contributed by atoms with Crippen molar-refractivity contribution in [1.82, 2.24) is 19.7 Å². The number of hydrogen-bond donors (Lipinski definition) is 1. The SMILES string of the molecule is Cn1cc(CCNc2nc3ccccc3nc2N2CCOCC2)cn1. The van der Waals surface area contributed by atoms with E-state index in [1.54, 1.807) is 0 Å².